The van der Waals surface area contributed by atoms with Crippen LogP contribution in [0.5, 0.6) is 0 Å². The van der Waals surface area contributed by atoms with Crippen molar-refractivity contribution >= 4 is 33.2 Å². The van der Waals surface area contributed by atoms with E-state index < -0.39 is 0 Å². The number of nitriles is 1. The second kappa shape index (κ2) is 8.44. The van der Waals surface area contributed by atoms with Crippen LogP contribution in [0.3, 0.4) is 0 Å². The van der Waals surface area contributed by atoms with Crippen molar-refractivity contribution < 1.29 is 5.84 Å². The van der Waals surface area contributed by atoms with Gasteiger partial charge in [-0.2, -0.15) is 5.26 Å². The molecule has 7 aromatic rings. The Hall–Kier alpha value is -5.27. The van der Waals surface area contributed by atoms with E-state index >= 15 is 0 Å². The lowest BCUT2D eigenvalue weighted by Gasteiger charge is -2.07. The van der Waals surface area contributed by atoms with Crippen molar-refractivity contribution in [2.45, 2.75) is 0 Å². The fraction of sp³-hybridized carbons (Fsp3) is 0. The Balaban J connectivity index is 0.00000264. The third-order valence-corrected chi connectivity index (χ3v) is 6.76. The molecule has 7 rings (SSSR count). The van der Waals surface area contributed by atoms with Gasteiger partial charge in [0.15, 0.2) is 0 Å². The van der Waals surface area contributed by atoms with Crippen molar-refractivity contribution in [2.24, 2.45) is 0 Å². The van der Waals surface area contributed by atoms with E-state index in [2.05, 4.69) is 71.7 Å². The Kier molecular flexibility index (Phi) is 4.80. The fourth-order valence-corrected chi connectivity index (χ4v) is 4.77. The molecule has 2 aromatic heterocycles. The van der Waals surface area contributed by atoms with E-state index in [0.29, 0.717) is 11.3 Å². The molecule has 0 aliphatic heterocycles. The van der Waals surface area contributed by atoms with Gasteiger partial charge >= 0.3 is 0 Å². The molecule has 4 heteroatoms. The number of fused-ring (bicyclic) bond motifs is 4. The number of aromatic nitrogens is 2. The summed E-state index contributed by atoms with van der Waals surface area (Å²) in [6, 6.07) is 41.0. The summed E-state index contributed by atoms with van der Waals surface area (Å²) in [7, 11) is 0. The highest BCUT2D eigenvalue weighted by Crippen LogP contribution is 2.33. The van der Waals surface area contributed by atoms with Gasteiger partial charge in [0.05, 0.1) is 22.7 Å². The SMILES string of the molecule is N#Cc1ccc(-c2ccc(-c3ccc(-c4ccc5oc6nc7ccccc7nc6c5c4)cc3)cc2)cc1.[2HH]. The van der Waals surface area contributed by atoms with E-state index in [1.165, 1.54) is 0 Å². The predicted octanol–water partition coefficient (Wildman–Crippen LogP) is 8.65. The maximum absolute atomic E-state index is 9.01. The van der Waals surface area contributed by atoms with Crippen LogP contribution in [0.25, 0.3) is 66.6 Å². The Morgan fingerprint density at radius 1 is 0.568 bits per heavy atom. The third kappa shape index (κ3) is 3.71. The average Bonchev–Trinajstić information content (AvgIpc) is 3.33. The van der Waals surface area contributed by atoms with Gasteiger partial charge < -0.3 is 4.42 Å². The highest BCUT2D eigenvalue weighted by atomic mass is 16.3. The summed E-state index contributed by atoms with van der Waals surface area (Å²) in [5, 5.41) is 9.97. The standard InChI is InChI=1S/C33H19N3O.H2/c34-20-21-5-7-22(8-6-21)23-9-11-24(12-10-23)25-13-15-26(16-14-25)27-17-18-31-28(19-27)32-33(37-31)36-30-4-2-1-3-29(30)35-32;/h1-19H;1H/i;1+1. The van der Waals surface area contributed by atoms with Crippen molar-refractivity contribution in [1.82, 2.24) is 9.97 Å². The minimum atomic E-state index is 0. The Labute approximate surface area is 214 Å². The lowest BCUT2D eigenvalue weighted by atomic mass is 9.97. The molecule has 37 heavy (non-hydrogen) atoms. The number of benzene rings is 5. The summed E-state index contributed by atoms with van der Waals surface area (Å²) in [5.74, 6) is 0. The van der Waals surface area contributed by atoms with Gasteiger partial charge in [0.25, 0.3) is 0 Å². The van der Waals surface area contributed by atoms with E-state index in [0.717, 1.165) is 60.9 Å². The summed E-state index contributed by atoms with van der Waals surface area (Å²) in [6.07, 6.45) is 0. The molecule has 0 radical (unpaired) electrons. The van der Waals surface area contributed by atoms with Gasteiger partial charge in [-0.1, -0.05) is 78.9 Å². The molecule has 0 aliphatic rings. The monoisotopic (exact) mass is 476 g/mol. The number of hydrogen-bond acceptors (Lipinski definition) is 4. The summed E-state index contributed by atoms with van der Waals surface area (Å²) in [6.45, 7) is 0. The molecule has 0 unspecified atom stereocenters. The molecule has 0 atom stereocenters. The molecule has 0 bridgehead atoms. The molecule has 0 saturated heterocycles. The second-order valence-corrected chi connectivity index (χ2v) is 9.02. The molecule has 0 spiro atoms. The molecule has 0 fully saturated rings. The quantitative estimate of drug-likeness (QED) is 0.256. The minimum Gasteiger partial charge on any atom is -0.436 e. The first-order valence-corrected chi connectivity index (χ1v) is 12.1. The Bertz CT molecular complexity index is 1970. The first kappa shape index (κ1) is 21.0. The number of para-hydroxylation sites is 2. The van der Waals surface area contributed by atoms with E-state index in [1.54, 1.807) is 0 Å². The minimum absolute atomic E-state index is 0. The molecule has 5 aromatic carbocycles. The normalized spacial score (nSPS) is 11.2. The van der Waals surface area contributed by atoms with Crippen LogP contribution in [0.2, 0.25) is 0 Å². The smallest absolute Gasteiger partial charge is 0.246 e. The molecular formula is C33H21N3O. The molecule has 174 valence electrons. The van der Waals surface area contributed by atoms with Crippen LogP contribution in [0.1, 0.15) is 6.99 Å². The number of furan rings is 1. The first-order valence-electron chi connectivity index (χ1n) is 12.1. The van der Waals surface area contributed by atoms with Crippen molar-refractivity contribution in [2.75, 3.05) is 0 Å². The zero-order valence-electron chi connectivity index (χ0n) is 19.7. The summed E-state index contributed by atoms with van der Waals surface area (Å²) < 4.78 is 5.99. The van der Waals surface area contributed by atoms with Gasteiger partial charge in [0, 0.05) is 6.81 Å². The zero-order chi connectivity index (χ0) is 24.8. The van der Waals surface area contributed by atoms with Gasteiger partial charge in [0.1, 0.15) is 11.1 Å². The first-order chi connectivity index (χ1) is 18.2. The molecule has 2 heterocycles. The van der Waals surface area contributed by atoms with Crippen molar-refractivity contribution in [3.05, 3.63) is 121 Å². The van der Waals surface area contributed by atoms with Crippen molar-refractivity contribution in [3.63, 3.8) is 0 Å². The van der Waals surface area contributed by atoms with Crippen molar-refractivity contribution in [3.8, 4) is 39.4 Å². The van der Waals surface area contributed by atoms with Crippen LogP contribution in [0.4, 0.5) is 0 Å². The van der Waals surface area contributed by atoms with Gasteiger partial charge in [-0.25, -0.2) is 9.97 Å². The average molecular weight is 477 g/mol. The van der Waals surface area contributed by atoms with Crippen molar-refractivity contribution in [1.29, 1.82) is 5.26 Å². The Morgan fingerprint density at radius 2 is 1.05 bits per heavy atom. The summed E-state index contributed by atoms with van der Waals surface area (Å²) >= 11 is 0. The molecule has 0 N–H and O–H groups in total. The van der Waals surface area contributed by atoms with E-state index in [-0.39, 0.29) is 1.43 Å². The van der Waals surface area contributed by atoms with Crippen LogP contribution in [0, 0.1) is 11.3 Å². The maximum Gasteiger partial charge on any atom is 0.246 e. The van der Waals surface area contributed by atoms with Crippen LogP contribution >= 0.6 is 0 Å². The maximum atomic E-state index is 9.01. The fourth-order valence-electron chi connectivity index (χ4n) is 4.77. The molecular weight excluding hydrogens is 454 g/mol. The number of nitrogens with zero attached hydrogens (tertiary/aromatic N) is 3. The van der Waals surface area contributed by atoms with Gasteiger partial charge in [-0.15, -0.1) is 0 Å². The summed E-state index contributed by atoms with van der Waals surface area (Å²) in [4.78, 5) is 9.48. The molecule has 0 saturated carbocycles. The lowest BCUT2D eigenvalue weighted by molar-refractivity contribution is 0.655. The van der Waals surface area contributed by atoms with Crippen LogP contribution in [-0.4, -0.2) is 9.97 Å². The van der Waals surface area contributed by atoms with Gasteiger partial charge in [0.2, 0.25) is 5.71 Å². The van der Waals surface area contributed by atoms with E-state index in [9.17, 15) is 0 Å². The number of rotatable bonds is 3. The lowest BCUT2D eigenvalue weighted by Crippen LogP contribution is -1.84. The highest BCUT2D eigenvalue weighted by Gasteiger charge is 2.12. The third-order valence-electron chi connectivity index (χ3n) is 6.76. The topological polar surface area (TPSA) is 62.7 Å². The Morgan fingerprint density at radius 3 is 1.62 bits per heavy atom. The molecule has 4 nitrogen and oxygen atoms in total. The predicted molar refractivity (Wildman–Crippen MR) is 150 cm³/mol. The van der Waals surface area contributed by atoms with E-state index in [1.807, 2.05) is 54.6 Å². The van der Waals surface area contributed by atoms with Gasteiger partial charge in [-0.3, -0.25) is 0 Å². The molecule has 0 amide bonds. The second-order valence-electron chi connectivity index (χ2n) is 9.02. The van der Waals surface area contributed by atoms with Crippen LogP contribution in [-0.2, 0) is 0 Å². The highest BCUT2D eigenvalue weighted by molar-refractivity contribution is 6.04. The van der Waals surface area contributed by atoms with Crippen LogP contribution in [0.15, 0.2) is 120 Å². The largest absolute Gasteiger partial charge is 0.436 e. The van der Waals surface area contributed by atoms with Gasteiger partial charge in [-0.05, 0) is 69.8 Å². The van der Waals surface area contributed by atoms with E-state index in [4.69, 9.17) is 14.7 Å². The van der Waals surface area contributed by atoms with Crippen LogP contribution < -0.4 is 0 Å². The number of hydrogen-bond donors (Lipinski definition) is 0. The zero-order valence-corrected chi connectivity index (χ0v) is 19.7. The molecule has 0 aliphatic carbocycles. The summed E-state index contributed by atoms with van der Waals surface area (Å²) in [5.41, 5.74) is 11.3.